The zero-order chi connectivity index (χ0) is 25.4. The van der Waals surface area contributed by atoms with Gasteiger partial charge in [-0.05, 0) is 52.1 Å². The molecule has 2 amide bonds. The van der Waals surface area contributed by atoms with Gasteiger partial charge in [-0.2, -0.15) is 0 Å². The largest absolute Gasteiger partial charge is 0.489 e. The van der Waals surface area contributed by atoms with Crippen molar-refractivity contribution in [3.8, 4) is 5.75 Å². The van der Waals surface area contributed by atoms with Gasteiger partial charge in [0.2, 0.25) is 11.8 Å². The van der Waals surface area contributed by atoms with Crippen LogP contribution in [0.2, 0.25) is 0 Å². The Balaban J connectivity index is 1.28. The molecule has 182 valence electrons. The van der Waals surface area contributed by atoms with E-state index in [1.807, 2.05) is 78.9 Å². The lowest BCUT2D eigenvalue weighted by Crippen LogP contribution is -2.57. The number of anilines is 1. The standard InChI is InChI=1S/C31H21Cl2NO3/c32-30-22-10-4-5-11-23(22)31(33,25-13-7-6-12-24(25)30)27-26(30)28(35)34(29(27)36)20-14-16-21(17-15-20)37-18-19-8-2-1-3-9-19/h1-17,26-27H,18H2/t26-,27+,30?,31?. The fourth-order valence-electron chi connectivity index (χ4n) is 6.35. The Morgan fingerprint density at radius 3 is 1.51 bits per heavy atom. The predicted octanol–water partition coefficient (Wildman–Crippen LogP) is 6.36. The van der Waals surface area contributed by atoms with Crippen LogP contribution < -0.4 is 9.64 Å². The molecule has 4 aliphatic rings. The van der Waals surface area contributed by atoms with Crippen LogP contribution >= 0.6 is 23.2 Å². The Kier molecular flexibility index (Phi) is 4.85. The van der Waals surface area contributed by atoms with Gasteiger partial charge >= 0.3 is 0 Å². The summed E-state index contributed by atoms with van der Waals surface area (Å²) in [6.07, 6.45) is 0. The molecule has 37 heavy (non-hydrogen) atoms. The van der Waals surface area contributed by atoms with Crippen LogP contribution in [0.15, 0.2) is 103 Å². The summed E-state index contributed by atoms with van der Waals surface area (Å²) in [4.78, 5) is 26.9. The van der Waals surface area contributed by atoms with Crippen molar-refractivity contribution in [2.75, 3.05) is 4.90 Å². The van der Waals surface area contributed by atoms with Crippen molar-refractivity contribution in [2.45, 2.75) is 16.4 Å². The SMILES string of the molecule is O=C1[C@@H]2[C@H](C(=O)N1c1ccc(OCc3ccccc3)cc1)C1(Cl)c3ccccc3C2(Cl)c2ccccc21. The third-order valence-electron chi connectivity index (χ3n) is 7.93. The average Bonchev–Trinajstić information content (AvgIpc) is 3.22. The number of carbonyl (C=O) groups excluding carboxylic acids is 2. The van der Waals surface area contributed by atoms with E-state index in [0.29, 0.717) is 18.0 Å². The molecule has 2 atom stereocenters. The lowest BCUT2D eigenvalue weighted by Gasteiger charge is -2.54. The molecule has 4 nitrogen and oxygen atoms in total. The molecule has 2 bridgehead atoms. The van der Waals surface area contributed by atoms with E-state index in [1.54, 1.807) is 24.3 Å². The number of amides is 2. The Labute approximate surface area is 224 Å². The minimum absolute atomic E-state index is 0.336. The number of imide groups is 1. The summed E-state index contributed by atoms with van der Waals surface area (Å²) in [5.41, 5.74) is 4.69. The number of ether oxygens (including phenoxy) is 1. The van der Waals surface area contributed by atoms with Crippen molar-refractivity contribution in [1.82, 2.24) is 0 Å². The molecule has 1 fully saturated rings. The fraction of sp³-hybridized carbons (Fsp3) is 0.161. The van der Waals surface area contributed by atoms with E-state index in [1.165, 1.54) is 4.90 Å². The molecule has 6 heteroatoms. The second kappa shape index (κ2) is 7.95. The number of alkyl halides is 2. The van der Waals surface area contributed by atoms with Crippen molar-refractivity contribution >= 4 is 40.7 Å². The highest BCUT2D eigenvalue weighted by molar-refractivity contribution is 6.38. The Bertz CT molecular complexity index is 1450. The molecule has 0 spiro atoms. The second-order valence-electron chi connectivity index (χ2n) is 9.75. The Hall–Kier alpha value is -3.60. The highest BCUT2D eigenvalue weighted by Crippen LogP contribution is 2.69. The molecule has 4 aromatic rings. The molecule has 1 aliphatic heterocycles. The molecule has 1 heterocycles. The first kappa shape index (κ1) is 22.6. The van der Waals surface area contributed by atoms with E-state index < -0.39 is 21.6 Å². The summed E-state index contributed by atoms with van der Waals surface area (Å²) in [6.45, 7) is 0.423. The maximum absolute atomic E-state index is 14.0. The van der Waals surface area contributed by atoms with Crippen LogP contribution in [-0.4, -0.2) is 11.8 Å². The van der Waals surface area contributed by atoms with Gasteiger partial charge in [-0.1, -0.05) is 78.9 Å². The molecular formula is C31H21Cl2NO3. The number of halogens is 2. The summed E-state index contributed by atoms with van der Waals surface area (Å²) >= 11 is 15.0. The zero-order valence-corrected chi connectivity index (χ0v) is 21.1. The van der Waals surface area contributed by atoms with Crippen LogP contribution in [0.25, 0.3) is 0 Å². The lowest BCUT2D eigenvalue weighted by molar-refractivity contribution is -0.122. The predicted molar refractivity (Wildman–Crippen MR) is 143 cm³/mol. The van der Waals surface area contributed by atoms with Gasteiger partial charge in [-0.3, -0.25) is 9.59 Å². The van der Waals surface area contributed by atoms with E-state index in [0.717, 1.165) is 27.8 Å². The van der Waals surface area contributed by atoms with Crippen molar-refractivity contribution in [3.63, 3.8) is 0 Å². The summed E-state index contributed by atoms with van der Waals surface area (Å²) in [6, 6.07) is 32.1. The summed E-state index contributed by atoms with van der Waals surface area (Å²) in [5, 5.41) is 0. The van der Waals surface area contributed by atoms with Crippen LogP contribution in [0.4, 0.5) is 5.69 Å². The van der Waals surface area contributed by atoms with E-state index in [2.05, 4.69) is 0 Å². The smallest absolute Gasteiger partial charge is 0.240 e. The van der Waals surface area contributed by atoms with Crippen LogP contribution in [0.5, 0.6) is 5.75 Å². The van der Waals surface area contributed by atoms with E-state index in [4.69, 9.17) is 27.9 Å². The molecule has 8 rings (SSSR count). The van der Waals surface area contributed by atoms with Crippen LogP contribution in [0, 0.1) is 11.8 Å². The number of nitrogens with zero attached hydrogens (tertiary/aromatic N) is 1. The monoisotopic (exact) mass is 525 g/mol. The molecule has 0 radical (unpaired) electrons. The maximum atomic E-state index is 14.0. The molecule has 0 N–H and O–H groups in total. The quantitative estimate of drug-likeness (QED) is 0.230. The number of carbonyl (C=O) groups is 2. The Morgan fingerprint density at radius 1 is 0.622 bits per heavy atom. The van der Waals surface area contributed by atoms with E-state index >= 15 is 0 Å². The first-order chi connectivity index (χ1) is 18.0. The first-order valence-electron chi connectivity index (χ1n) is 12.2. The van der Waals surface area contributed by atoms with Gasteiger partial charge in [0.1, 0.15) is 22.1 Å². The highest BCUT2D eigenvalue weighted by atomic mass is 35.5. The topological polar surface area (TPSA) is 46.6 Å². The summed E-state index contributed by atoms with van der Waals surface area (Å²) < 4.78 is 5.89. The zero-order valence-electron chi connectivity index (χ0n) is 19.6. The Morgan fingerprint density at radius 2 is 1.05 bits per heavy atom. The maximum Gasteiger partial charge on any atom is 0.240 e. The molecule has 3 aliphatic carbocycles. The number of hydrogen-bond donors (Lipinski definition) is 0. The third-order valence-corrected chi connectivity index (χ3v) is 9.21. The van der Waals surface area contributed by atoms with Crippen LogP contribution in [0.3, 0.4) is 0 Å². The number of rotatable bonds is 4. The van der Waals surface area contributed by atoms with Crippen molar-refractivity contribution in [1.29, 1.82) is 0 Å². The highest BCUT2D eigenvalue weighted by Gasteiger charge is 2.73. The van der Waals surface area contributed by atoms with Gasteiger partial charge in [0, 0.05) is 0 Å². The van der Waals surface area contributed by atoms with Gasteiger partial charge in [0.15, 0.2) is 0 Å². The molecule has 0 saturated carbocycles. The van der Waals surface area contributed by atoms with Gasteiger partial charge in [-0.25, -0.2) is 4.90 Å². The van der Waals surface area contributed by atoms with Gasteiger partial charge in [0.05, 0.1) is 17.5 Å². The van der Waals surface area contributed by atoms with Gasteiger partial charge in [0.25, 0.3) is 0 Å². The minimum atomic E-state index is -1.19. The number of benzene rings is 4. The molecule has 0 unspecified atom stereocenters. The van der Waals surface area contributed by atoms with E-state index in [9.17, 15) is 9.59 Å². The third kappa shape index (κ3) is 2.91. The second-order valence-corrected chi connectivity index (χ2v) is 10.9. The first-order valence-corrected chi connectivity index (χ1v) is 12.9. The van der Waals surface area contributed by atoms with E-state index in [-0.39, 0.29) is 11.8 Å². The van der Waals surface area contributed by atoms with Crippen molar-refractivity contribution in [2.24, 2.45) is 11.8 Å². The summed E-state index contributed by atoms with van der Waals surface area (Å²) in [7, 11) is 0. The number of hydrogen-bond acceptors (Lipinski definition) is 3. The van der Waals surface area contributed by atoms with Crippen molar-refractivity contribution < 1.29 is 14.3 Å². The molecular weight excluding hydrogens is 505 g/mol. The molecule has 4 aromatic carbocycles. The minimum Gasteiger partial charge on any atom is -0.489 e. The fourth-order valence-corrected chi connectivity index (χ4v) is 7.45. The van der Waals surface area contributed by atoms with Crippen LogP contribution in [0.1, 0.15) is 27.8 Å². The molecule has 1 saturated heterocycles. The average molecular weight is 526 g/mol. The van der Waals surface area contributed by atoms with Gasteiger partial charge < -0.3 is 4.74 Å². The van der Waals surface area contributed by atoms with Crippen LogP contribution in [-0.2, 0) is 25.9 Å². The summed E-state index contributed by atoms with van der Waals surface area (Å²) in [5.74, 6) is -1.67. The normalized spacial score (nSPS) is 27.0. The lowest BCUT2D eigenvalue weighted by atomic mass is 9.54. The van der Waals surface area contributed by atoms with Gasteiger partial charge in [-0.15, -0.1) is 23.2 Å². The van der Waals surface area contributed by atoms with Crippen molar-refractivity contribution in [3.05, 3.63) is 131 Å². The molecule has 0 aromatic heterocycles.